The second kappa shape index (κ2) is 2.86. The smallest absolute Gasteiger partial charge is 0.0546 e. The molecular formula is C11H18N2. The fourth-order valence-corrected chi connectivity index (χ4v) is 2.07. The lowest BCUT2D eigenvalue weighted by Gasteiger charge is -2.24. The van der Waals surface area contributed by atoms with Crippen LogP contribution in [0.5, 0.6) is 0 Å². The maximum Gasteiger partial charge on any atom is 0.0546 e. The molecule has 0 atom stereocenters. The van der Waals surface area contributed by atoms with Gasteiger partial charge in [0.1, 0.15) is 0 Å². The molecule has 0 spiro atoms. The van der Waals surface area contributed by atoms with E-state index in [0.717, 1.165) is 0 Å². The summed E-state index contributed by atoms with van der Waals surface area (Å²) < 4.78 is 2.20. The number of aryl methyl sites for hydroxylation is 1. The zero-order valence-corrected chi connectivity index (χ0v) is 8.80. The molecule has 2 nitrogen and oxygen atoms in total. The summed E-state index contributed by atoms with van der Waals surface area (Å²) in [6, 6.07) is 0. The summed E-state index contributed by atoms with van der Waals surface area (Å²) in [6.07, 6.45) is 7.16. The summed E-state index contributed by atoms with van der Waals surface area (Å²) in [6.45, 7) is 6.65. The van der Waals surface area contributed by atoms with Gasteiger partial charge in [0.05, 0.1) is 11.7 Å². The number of rotatable bonds is 0. The van der Waals surface area contributed by atoms with Crippen molar-refractivity contribution in [1.82, 2.24) is 9.78 Å². The Hall–Kier alpha value is -0.790. The zero-order chi connectivity index (χ0) is 9.47. The quantitative estimate of drug-likeness (QED) is 0.597. The molecule has 0 aliphatic heterocycles. The van der Waals surface area contributed by atoms with Crippen molar-refractivity contribution < 1.29 is 0 Å². The van der Waals surface area contributed by atoms with Gasteiger partial charge < -0.3 is 0 Å². The van der Waals surface area contributed by atoms with Gasteiger partial charge >= 0.3 is 0 Å². The van der Waals surface area contributed by atoms with Crippen LogP contribution in [-0.2, 0) is 18.4 Å². The predicted octanol–water partition coefficient (Wildman–Crippen LogP) is 2.52. The summed E-state index contributed by atoms with van der Waals surface area (Å²) >= 11 is 0. The van der Waals surface area contributed by atoms with Crippen molar-refractivity contribution in [3.8, 4) is 0 Å². The van der Waals surface area contributed by atoms with Crippen LogP contribution in [0.15, 0.2) is 6.20 Å². The molecule has 0 bridgehead atoms. The molecule has 1 heterocycles. The van der Waals surface area contributed by atoms with Crippen LogP contribution in [0.1, 0.15) is 44.9 Å². The Morgan fingerprint density at radius 1 is 1.23 bits per heavy atom. The summed E-state index contributed by atoms with van der Waals surface area (Å²) in [5.41, 5.74) is 3.09. The van der Waals surface area contributed by atoms with Crippen molar-refractivity contribution in [2.24, 2.45) is 0 Å². The highest BCUT2D eigenvalue weighted by atomic mass is 15.3. The molecule has 13 heavy (non-hydrogen) atoms. The van der Waals surface area contributed by atoms with Crippen LogP contribution in [0.3, 0.4) is 0 Å². The van der Waals surface area contributed by atoms with Gasteiger partial charge in [-0.2, -0.15) is 5.10 Å². The number of aromatic nitrogens is 2. The van der Waals surface area contributed by atoms with Gasteiger partial charge in [-0.25, -0.2) is 0 Å². The molecule has 1 aromatic heterocycles. The molecule has 0 fully saturated rings. The van der Waals surface area contributed by atoms with Crippen LogP contribution in [0.2, 0.25) is 0 Å². The summed E-state index contributed by atoms with van der Waals surface area (Å²) in [5, 5.41) is 4.49. The minimum absolute atomic E-state index is 0.144. The summed E-state index contributed by atoms with van der Waals surface area (Å²) in [5.74, 6) is 0. The average molecular weight is 178 g/mol. The first kappa shape index (κ1) is 8.79. The Morgan fingerprint density at radius 2 is 1.92 bits per heavy atom. The SMILES string of the molecule is CC(C)(C)n1ncc2c1CCCC2. The van der Waals surface area contributed by atoms with E-state index in [1.807, 2.05) is 0 Å². The normalized spacial score (nSPS) is 17.2. The van der Waals surface area contributed by atoms with Gasteiger partial charge in [0.15, 0.2) is 0 Å². The third kappa shape index (κ3) is 1.50. The zero-order valence-electron chi connectivity index (χ0n) is 8.80. The Labute approximate surface area is 80.0 Å². The van der Waals surface area contributed by atoms with Gasteiger partial charge in [-0.3, -0.25) is 4.68 Å². The Morgan fingerprint density at radius 3 is 2.62 bits per heavy atom. The highest BCUT2D eigenvalue weighted by molar-refractivity contribution is 5.21. The molecule has 2 rings (SSSR count). The van der Waals surface area contributed by atoms with Crippen LogP contribution in [-0.4, -0.2) is 9.78 Å². The lowest BCUT2D eigenvalue weighted by atomic mass is 9.97. The first-order valence-electron chi connectivity index (χ1n) is 5.15. The van der Waals surface area contributed by atoms with Crippen LogP contribution in [0, 0.1) is 0 Å². The van der Waals surface area contributed by atoms with Gasteiger partial charge in [0, 0.05) is 5.69 Å². The lowest BCUT2D eigenvalue weighted by Crippen LogP contribution is -2.26. The van der Waals surface area contributed by atoms with E-state index in [9.17, 15) is 0 Å². The Kier molecular flexibility index (Phi) is 1.94. The van der Waals surface area contributed by atoms with Crippen molar-refractivity contribution in [2.75, 3.05) is 0 Å². The fourth-order valence-electron chi connectivity index (χ4n) is 2.07. The first-order chi connectivity index (χ1) is 6.09. The van der Waals surface area contributed by atoms with E-state index in [1.54, 1.807) is 0 Å². The molecule has 2 heteroatoms. The molecule has 0 radical (unpaired) electrons. The minimum Gasteiger partial charge on any atom is -0.264 e. The topological polar surface area (TPSA) is 17.8 Å². The Bertz CT molecular complexity index is 304. The highest BCUT2D eigenvalue weighted by Crippen LogP contribution is 2.25. The van der Waals surface area contributed by atoms with Crippen LogP contribution < -0.4 is 0 Å². The molecular weight excluding hydrogens is 160 g/mol. The maximum absolute atomic E-state index is 4.49. The molecule has 0 saturated heterocycles. The van der Waals surface area contributed by atoms with Crippen molar-refractivity contribution >= 4 is 0 Å². The number of nitrogens with zero attached hydrogens (tertiary/aromatic N) is 2. The van der Waals surface area contributed by atoms with Crippen molar-refractivity contribution in [3.05, 3.63) is 17.5 Å². The van der Waals surface area contributed by atoms with E-state index in [-0.39, 0.29) is 5.54 Å². The largest absolute Gasteiger partial charge is 0.264 e. The standard InChI is InChI=1S/C11H18N2/c1-11(2,3)13-10-7-5-4-6-9(10)8-12-13/h8H,4-7H2,1-3H3. The molecule has 0 aromatic carbocycles. The number of fused-ring (bicyclic) bond motifs is 1. The van der Waals surface area contributed by atoms with E-state index < -0.39 is 0 Å². The van der Waals surface area contributed by atoms with E-state index in [4.69, 9.17) is 0 Å². The van der Waals surface area contributed by atoms with Crippen molar-refractivity contribution in [2.45, 2.75) is 52.0 Å². The molecule has 1 aliphatic rings. The van der Waals surface area contributed by atoms with Gasteiger partial charge in [-0.15, -0.1) is 0 Å². The summed E-state index contributed by atoms with van der Waals surface area (Å²) in [4.78, 5) is 0. The van der Waals surface area contributed by atoms with E-state index >= 15 is 0 Å². The molecule has 1 aromatic rings. The molecule has 0 saturated carbocycles. The molecule has 0 amide bonds. The second-order valence-corrected chi connectivity index (χ2v) is 4.91. The number of hydrogen-bond donors (Lipinski definition) is 0. The monoisotopic (exact) mass is 178 g/mol. The fraction of sp³-hybridized carbons (Fsp3) is 0.727. The van der Waals surface area contributed by atoms with Crippen molar-refractivity contribution in [1.29, 1.82) is 0 Å². The van der Waals surface area contributed by atoms with Crippen LogP contribution in [0.25, 0.3) is 0 Å². The lowest BCUT2D eigenvalue weighted by molar-refractivity contribution is 0.339. The second-order valence-electron chi connectivity index (χ2n) is 4.91. The predicted molar refractivity (Wildman–Crippen MR) is 53.9 cm³/mol. The summed E-state index contributed by atoms with van der Waals surface area (Å²) in [7, 11) is 0. The van der Waals surface area contributed by atoms with Gasteiger partial charge in [0.2, 0.25) is 0 Å². The van der Waals surface area contributed by atoms with Gasteiger partial charge in [0.25, 0.3) is 0 Å². The van der Waals surface area contributed by atoms with E-state index in [1.165, 1.54) is 36.9 Å². The number of hydrogen-bond acceptors (Lipinski definition) is 1. The molecule has 0 unspecified atom stereocenters. The van der Waals surface area contributed by atoms with Crippen LogP contribution >= 0.6 is 0 Å². The first-order valence-corrected chi connectivity index (χ1v) is 5.15. The van der Waals surface area contributed by atoms with Gasteiger partial charge in [-0.05, 0) is 52.0 Å². The third-order valence-corrected chi connectivity index (χ3v) is 2.70. The molecule has 72 valence electrons. The third-order valence-electron chi connectivity index (χ3n) is 2.70. The Balaban J connectivity index is 2.43. The molecule has 1 aliphatic carbocycles. The van der Waals surface area contributed by atoms with E-state index in [2.05, 4.69) is 36.7 Å². The van der Waals surface area contributed by atoms with Crippen molar-refractivity contribution in [3.63, 3.8) is 0 Å². The molecule has 0 N–H and O–H groups in total. The van der Waals surface area contributed by atoms with Gasteiger partial charge in [-0.1, -0.05) is 0 Å². The highest BCUT2D eigenvalue weighted by Gasteiger charge is 2.22. The maximum atomic E-state index is 4.49. The van der Waals surface area contributed by atoms with Crippen LogP contribution in [0.4, 0.5) is 0 Å². The minimum atomic E-state index is 0.144. The van der Waals surface area contributed by atoms with E-state index in [0.29, 0.717) is 0 Å². The average Bonchev–Trinajstić information content (AvgIpc) is 2.45.